The fraction of sp³-hybridized carbons (Fsp3) is 0.312. The van der Waals surface area contributed by atoms with Gasteiger partial charge in [-0.05, 0) is 37.1 Å². The van der Waals surface area contributed by atoms with E-state index in [0.717, 1.165) is 6.42 Å². The molecule has 0 radical (unpaired) electrons. The van der Waals surface area contributed by atoms with Crippen LogP contribution >= 0.6 is 11.8 Å². The number of aryl methyl sites for hydroxylation is 1. The van der Waals surface area contributed by atoms with Crippen molar-refractivity contribution in [3.63, 3.8) is 0 Å². The van der Waals surface area contributed by atoms with Crippen molar-refractivity contribution in [1.82, 2.24) is 4.98 Å². The highest BCUT2D eigenvalue weighted by molar-refractivity contribution is 7.99. The van der Waals surface area contributed by atoms with Crippen LogP contribution in [0.15, 0.2) is 53.7 Å². The van der Waals surface area contributed by atoms with Gasteiger partial charge in [-0.25, -0.2) is 0 Å². The molecule has 0 aliphatic rings. The molecule has 0 aliphatic heterocycles. The van der Waals surface area contributed by atoms with Crippen LogP contribution in [0.1, 0.15) is 29.7 Å². The topological polar surface area (TPSA) is 38.9 Å². The molecule has 2 rings (SSSR count). The second-order valence-corrected chi connectivity index (χ2v) is 5.92. The normalized spacial score (nSPS) is 14.1. The van der Waals surface area contributed by atoms with E-state index in [1.165, 1.54) is 16.0 Å². The number of thioether (sulfide) groups is 1. The van der Waals surface area contributed by atoms with E-state index < -0.39 is 0 Å². The van der Waals surface area contributed by atoms with Gasteiger partial charge >= 0.3 is 0 Å². The zero-order valence-electron chi connectivity index (χ0n) is 11.4. The van der Waals surface area contributed by atoms with Gasteiger partial charge in [0.05, 0.1) is 5.25 Å². The molecular formula is C16H20N2S. The first-order chi connectivity index (χ1) is 9.20. The molecule has 1 aromatic carbocycles. The number of hydrogen-bond donors (Lipinski definition) is 1. The van der Waals surface area contributed by atoms with Crippen molar-refractivity contribution in [1.29, 1.82) is 0 Å². The summed E-state index contributed by atoms with van der Waals surface area (Å²) in [7, 11) is 0. The Morgan fingerprint density at radius 2 is 1.95 bits per heavy atom. The van der Waals surface area contributed by atoms with Gasteiger partial charge in [-0.1, -0.05) is 30.7 Å². The van der Waals surface area contributed by atoms with Crippen molar-refractivity contribution >= 4 is 11.8 Å². The highest BCUT2D eigenvalue weighted by Crippen LogP contribution is 2.37. The number of aromatic nitrogens is 1. The summed E-state index contributed by atoms with van der Waals surface area (Å²) in [5.41, 5.74) is 8.75. The largest absolute Gasteiger partial charge is 0.326 e. The minimum atomic E-state index is 0.135. The van der Waals surface area contributed by atoms with Crippen LogP contribution in [0.2, 0.25) is 0 Å². The lowest BCUT2D eigenvalue weighted by Gasteiger charge is -2.22. The van der Waals surface area contributed by atoms with E-state index in [2.05, 4.69) is 49.2 Å². The zero-order valence-corrected chi connectivity index (χ0v) is 12.2. The van der Waals surface area contributed by atoms with Crippen LogP contribution in [0.5, 0.6) is 0 Å². The number of pyridine rings is 1. The molecule has 2 unspecified atom stereocenters. The van der Waals surface area contributed by atoms with Gasteiger partial charge in [-0.3, -0.25) is 4.98 Å². The molecule has 100 valence electrons. The van der Waals surface area contributed by atoms with E-state index in [0.29, 0.717) is 0 Å². The SMILES string of the molecule is CCC(N)C(Sc1ccc(C)cc1)c1cccnc1. The third-order valence-corrected chi connectivity index (χ3v) is 4.58. The lowest BCUT2D eigenvalue weighted by molar-refractivity contribution is 0.633. The predicted octanol–water partition coefficient (Wildman–Crippen LogP) is 3.96. The van der Waals surface area contributed by atoms with Gasteiger partial charge in [-0.2, -0.15) is 0 Å². The molecule has 2 nitrogen and oxygen atoms in total. The highest BCUT2D eigenvalue weighted by Gasteiger charge is 2.19. The van der Waals surface area contributed by atoms with Crippen LogP contribution in [-0.2, 0) is 0 Å². The molecular weight excluding hydrogens is 252 g/mol. The first-order valence-electron chi connectivity index (χ1n) is 6.59. The van der Waals surface area contributed by atoms with E-state index in [1.807, 2.05) is 24.0 Å². The number of rotatable bonds is 5. The van der Waals surface area contributed by atoms with Crippen LogP contribution < -0.4 is 5.73 Å². The molecule has 1 aromatic heterocycles. The third kappa shape index (κ3) is 3.82. The molecule has 1 heterocycles. The van der Waals surface area contributed by atoms with Crippen molar-refractivity contribution < 1.29 is 0 Å². The van der Waals surface area contributed by atoms with Crippen LogP contribution in [-0.4, -0.2) is 11.0 Å². The molecule has 0 bridgehead atoms. The Balaban J connectivity index is 2.21. The summed E-state index contributed by atoms with van der Waals surface area (Å²) >= 11 is 1.82. The van der Waals surface area contributed by atoms with Crippen molar-refractivity contribution in [3.05, 3.63) is 59.9 Å². The van der Waals surface area contributed by atoms with Gasteiger partial charge in [-0.15, -0.1) is 11.8 Å². The van der Waals surface area contributed by atoms with Gasteiger partial charge in [0.15, 0.2) is 0 Å². The van der Waals surface area contributed by atoms with Gasteiger partial charge < -0.3 is 5.73 Å². The maximum atomic E-state index is 6.28. The fourth-order valence-electron chi connectivity index (χ4n) is 1.92. The number of hydrogen-bond acceptors (Lipinski definition) is 3. The molecule has 2 atom stereocenters. The van der Waals surface area contributed by atoms with Crippen molar-refractivity contribution in [2.75, 3.05) is 0 Å². The van der Waals surface area contributed by atoms with E-state index in [1.54, 1.807) is 6.20 Å². The Kier molecular flexibility index (Phi) is 5.00. The summed E-state index contributed by atoms with van der Waals surface area (Å²) in [5, 5.41) is 0.251. The second kappa shape index (κ2) is 6.73. The first kappa shape index (κ1) is 14.1. The van der Waals surface area contributed by atoms with Crippen molar-refractivity contribution in [3.8, 4) is 0 Å². The molecule has 0 saturated heterocycles. The standard InChI is InChI=1S/C16H20N2S/c1-3-15(17)16(13-5-4-10-18-11-13)19-14-8-6-12(2)7-9-14/h4-11,15-16H,3,17H2,1-2H3. The van der Waals surface area contributed by atoms with Gasteiger partial charge in [0.2, 0.25) is 0 Å². The van der Waals surface area contributed by atoms with Crippen molar-refractivity contribution in [2.45, 2.75) is 36.5 Å². The zero-order chi connectivity index (χ0) is 13.7. The van der Waals surface area contributed by atoms with Crippen LogP contribution in [0.3, 0.4) is 0 Å². The highest BCUT2D eigenvalue weighted by atomic mass is 32.2. The molecule has 2 N–H and O–H groups in total. The number of nitrogens with two attached hydrogens (primary N) is 1. The molecule has 19 heavy (non-hydrogen) atoms. The van der Waals surface area contributed by atoms with E-state index in [4.69, 9.17) is 5.73 Å². The number of nitrogens with zero attached hydrogens (tertiary/aromatic N) is 1. The van der Waals surface area contributed by atoms with Gasteiger partial charge in [0.25, 0.3) is 0 Å². The molecule has 0 fully saturated rings. The maximum absolute atomic E-state index is 6.28. The molecule has 0 aliphatic carbocycles. The summed E-state index contributed by atoms with van der Waals surface area (Å²) in [5.74, 6) is 0. The molecule has 0 spiro atoms. The Labute approximate surface area is 119 Å². The maximum Gasteiger partial charge on any atom is 0.0510 e. The quantitative estimate of drug-likeness (QED) is 0.837. The summed E-state index contributed by atoms with van der Waals surface area (Å²) in [6.45, 7) is 4.23. The molecule has 3 heteroatoms. The second-order valence-electron chi connectivity index (χ2n) is 4.71. The van der Waals surface area contributed by atoms with Gasteiger partial charge in [0, 0.05) is 23.3 Å². The van der Waals surface area contributed by atoms with Gasteiger partial charge in [0.1, 0.15) is 0 Å². The predicted molar refractivity (Wildman–Crippen MR) is 82.3 cm³/mol. The summed E-state index contributed by atoms with van der Waals surface area (Å²) in [6.07, 6.45) is 4.67. The lowest BCUT2D eigenvalue weighted by atomic mass is 10.1. The van der Waals surface area contributed by atoms with Crippen LogP contribution in [0, 0.1) is 6.92 Å². The smallest absolute Gasteiger partial charge is 0.0510 e. The number of benzene rings is 1. The Morgan fingerprint density at radius 1 is 1.21 bits per heavy atom. The summed E-state index contributed by atoms with van der Waals surface area (Å²) < 4.78 is 0. The van der Waals surface area contributed by atoms with E-state index >= 15 is 0 Å². The third-order valence-electron chi connectivity index (χ3n) is 3.16. The monoisotopic (exact) mass is 272 g/mol. The fourth-order valence-corrected chi connectivity index (χ4v) is 3.15. The average Bonchev–Trinajstić information content (AvgIpc) is 2.47. The Hall–Kier alpha value is -1.32. The Morgan fingerprint density at radius 3 is 2.53 bits per heavy atom. The lowest BCUT2D eigenvalue weighted by Crippen LogP contribution is -2.25. The Bertz CT molecular complexity index is 496. The van der Waals surface area contributed by atoms with E-state index in [9.17, 15) is 0 Å². The molecule has 2 aromatic rings. The molecule has 0 amide bonds. The molecule has 0 saturated carbocycles. The summed E-state index contributed by atoms with van der Waals surface area (Å²) in [6, 6.07) is 12.8. The average molecular weight is 272 g/mol. The van der Waals surface area contributed by atoms with Crippen molar-refractivity contribution in [2.24, 2.45) is 5.73 Å². The minimum absolute atomic E-state index is 0.135. The van der Waals surface area contributed by atoms with Crippen LogP contribution in [0.4, 0.5) is 0 Å². The minimum Gasteiger partial charge on any atom is -0.326 e. The van der Waals surface area contributed by atoms with E-state index in [-0.39, 0.29) is 11.3 Å². The summed E-state index contributed by atoms with van der Waals surface area (Å²) in [4.78, 5) is 5.46. The first-order valence-corrected chi connectivity index (χ1v) is 7.47. The van der Waals surface area contributed by atoms with Crippen LogP contribution in [0.25, 0.3) is 0 Å².